The molecule has 0 radical (unpaired) electrons. The van der Waals surface area contributed by atoms with Crippen molar-refractivity contribution in [2.75, 3.05) is 20.6 Å². The minimum Gasteiger partial charge on any atom is -0.333 e. The summed E-state index contributed by atoms with van der Waals surface area (Å²) < 4.78 is 27.6. The normalized spacial score (nSPS) is 13.3. The number of nitrogens with one attached hydrogen (secondary N) is 2. The van der Waals surface area contributed by atoms with E-state index in [4.69, 9.17) is 23.2 Å². The molecule has 0 spiro atoms. The highest BCUT2D eigenvalue weighted by Gasteiger charge is 2.23. The molecule has 2 aromatic rings. The Morgan fingerprint density at radius 2 is 1.74 bits per heavy atom. The van der Waals surface area contributed by atoms with Crippen LogP contribution in [-0.2, 0) is 10.0 Å². The smallest absolute Gasteiger partial charge is 0.242 e. The van der Waals surface area contributed by atoms with Crippen LogP contribution in [0, 0.1) is 0 Å². The van der Waals surface area contributed by atoms with E-state index < -0.39 is 10.0 Å². The van der Waals surface area contributed by atoms with Gasteiger partial charge in [0.25, 0.3) is 0 Å². The first-order chi connectivity index (χ1) is 10.8. The molecule has 0 fully saturated rings. The molecule has 0 bridgehead atoms. The number of hydrogen-bond donors (Lipinski definition) is 2. The molecule has 1 atom stereocenters. The van der Waals surface area contributed by atoms with Gasteiger partial charge in [0.15, 0.2) is 0 Å². The van der Waals surface area contributed by atoms with E-state index in [0.29, 0.717) is 5.02 Å². The van der Waals surface area contributed by atoms with Crippen LogP contribution in [0.25, 0.3) is 0 Å². The van der Waals surface area contributed by atoms with E-state index in [2.05, 4.69) is 4.72 Å². The molecule has 0 aliphatic carbocycles. The van der Waals surface area contributed by atoms with Crippen LogP contribution in [-0.4, -0.2) is 29.1 Å². The van der Waals surface area contributed by atoms with Crippen LogP contribution < -0.4 is 9.62 Å². The fourth-order valence-electron chi connectivity index (χ4n) is 2.29. The average Bonchev–Trinajstić information content (AvgIpc) is 2.50. The van der Waals surface area contributed by atoms with Gasteiger partial charge in [-0.1, -0.05) is 53.5 Å². The van der Waals surface area contributed by atoms with E-state index in [1.54, 1.807) is 6.07 Å². The fourth-order valence-corrected chi connectivity index (χ4v) is 4.10. The van der Waals surface area contributed by atoms with Gasteiger partial charge in [0.1, 0.15) is 10.9 Å². The van der Waals surface area contributed by atoms with Crippen LogP contribution in [0.5, 0.6) is 0 Å². The van der Waals surface area contributed by atoms with Gasteiger partial charge in [-0.2, -0.15) is 0 Å². The van der Waals surface area contributed by atoms with Crippen molar-refractivity contribution < 1.29 is 13.3 Å². The highest BCUT2D eigenvalue weighted by atomic mass is 35.5. The Morgan fingerprint density at radius 1 is 1.09 bits per heavy atom. The van der Waals surface area contributed by atoms with Crippen molar-refractivity contribution in [2.45, 2.75) is 10.9 Å². The van der Waals surface area contributed by atoms with Crippen molar-refractivity contribution in [1.29, 1.82) is 0 Å². The second-order valence-electron chi connectivity index (χ2n) is 5.47. The second kappa shape index (κ2) is 7.64. The van der Waals surface area contributed by atoms with Crippen molar-refractivity contribution in [3.8, 4) is 0 Å². The van der Waals surface area contributed by atoms with Crippen molar-refractivity contribution >= 4 is 33.2 Å². The van der Waals surface area contributed by atoms with Crippen molar-refractivity contribution in [2.24, 2.45) is 0 Å². The van der Waals surface area contributed by atoms with E-state index in [9.17, 15) is 8.42 Å². The molecule has 0 saturated carbocycles. The quantitative estimate of drug-likeness (QED) is 0.814. The number of sulfonamides is 1. The zero-order valence-corrected chi connectivity index (χ0v) is 15.2. The predicted molar refractivity (Wildman–Crippen MR) is 93.6 cm³/mol. The van der Waals surface area contributed by atoms with Crippen molar-refractivity contribution in [3.05, 3.63) is 64.1 Å². The number of hydrogen-bond acceptors (Lipinski definition) is 2. The Morgan fingerprint density at radius 3 is 2.35 bits per heavy atom. The van der Waals surface area contributed by atoms with E-state index >= 15 is 0 Å². The highest BCUT2D eigenvalue weighted by molar-refractivity contribution is 7.89. The Kier molecular flexibility index (Phi) is 6.06. The van der Waals surface area contributed by atoms with Crippen LogP contribution in [0.1, 0.15) is 11.6 Å². The van der Waals surface area contributed by atoms with Crippen molar-refractivity contribution in [1.82, 2.24) is 4.72 Å². The predicted octanol–water partition coefficient (Wildman–Crippen LogP) is 2.16. The van der Waals surface area contributed by atoms with Crippen LogP contribution in [0.2, 0.25) is 10.0 Å². The lowest BCUT2D eigenvalue weighted by molar-refractivity contribution is -0.890. The summed E-state index contributed by atoms with van der Waals surface area (Å²) in [4.78, 5) is 1.11. The van der Waals surface area contributed by atoms with E-state index in [1.165, 1.54) is 12.1 Å². The van der Waals surface area contributed by atoms with Crippen LogP contribution in [0.15, 0.2) is 53.4 Å². The molecule has 0 unspecified atom stereocenters. The van der Waals surface area contributed by atoms with Gasteiger partial charge >= 0.3 is 0 Å². The lowest BCUT2D eigenvalue weighted by Gasteiger charge is -2.22. The van der Waals surface area contributed by atoms with Gasteiger partial charge in [0.2, 0.25) is 10.0 Å². The first kappa shape index (κ1) is 18.2. The van der Waals surface area contributed by atoms with Crippen LogP contribution in [0.4, 0.5) is 0 Å². The van der Waals surface area contributed by atoms with Gasteiger partial charge in [-0.3, -0.25) is 0 Å². The third-order valence-corrected chi connectivity index (χ3v) is 5.70. The molecule has 2 rings (SSSR count). The standard InChI is InChI=1S/C16H18Cl2N2O2S/c1-20(2)15(12-6-4-3-5-7-12)11-19-23(21,22)16-10-13(17)8-9-14(16)18/h3-10,15,19H,11H2,1-2H3/p+1/t15-/m0/s1. The maximum Gasteiger partial charge on any atom is 0.242 e. The molecular weight excluding hydrogens is 355 g/mol. The highest BCUT2D eigenvalue weighted by Crippen LogP contribution is 2.25. The summed E-state index contributed by atoms with van der Waals surface area (Å²) in [5, 5.41) is 0.475. The summed E-state index contributed by atoms with van der Waals surface area (Å²) in [5.74, 6) is 0. The lowest BCUT2D eigenvalue weighted by Crippen LogP contribution is -3.07. The lowest BCUT2D eigenvalue weighted by atomic mass is 10.1. The number of likely N-dealkylation sites (N-methyl/N-ethyl adjacent to an activating group) is 1. The molecule has 0 amide bonds. The summed E-state index contributed by atoms with van der Waals surface area (Å²) in [6.45, 7) is 0.261. The molecule has 0 aliphatic heterocycles. The maximum absolute atomic E-state index is 12.5. The van der Waals surface area contributed by atoms with E-state index in [0.717, 1.165) is 10.5 Å². The molecule has 0 heterocycles. The number of quaternary nitrogens is 1. The minimum atomic E-state index is -3.73. The molecule has 23 heavy (non-hydrogen) atoms. The molecule has 7 heteroatoms. The molecule has 2 aromatic carbocycles. The largest absolute Gasteiger partial charge is 0.333 e. The summed E-state index contributed by atoms with van der Waals surface area (Å²) in [7, 11) is 0.239. The van der Waals surface area contributed by atoms with Gasteiger partial charge < -0.3 is 4.90 Å². The van der Waals surface area contributed by atoms with Gasteiger partial charge in [-0.05, 0) is 18.2 Å². The molecule has 0 saturated heterocycles. The van der Waals surface area contributed by atoms with Gasteiger partial charge in [-0.15, -0.1) is 0 Å². The second-order valence-corrected chi connectivity index (χ2v) is 8.05. The monoisotopic (exact) mass is 373 g/mol. The van der Waals surface area contributed by atoms with E-state index in [-0.39, 0.29) is 22.5 Å². The van der Waals surface area contributed by atoms with Gasteiger partial charge in [0, 0.05) is 10.6 Å². The van der Waals surface area contributed by atoms with Gasteiger partial charge in [0.05, 0.1) is 25.7 Å². The Balaban J connectivity index is 2.22. The Bertz CT molecular complexity index is 765. The molecule has 2 N–H and O–H groups in total. The molecule has 0 aliphatic rings. The average molecular weight is 374 g/mol. The van der Waals surface area contributed by atoms with Crippen LogP contribution >= 0.6 is 23.2 Å². The van der Waals surface area contributed by atoms with Crippen LogP contribution in [0.3, 0.4) is 0 Å². The molecular formula is C16H19Cl2N2O2S+. The zero-order valence-electron chi connectivity index (χ0n) is 12.9. The zero-order chi connectivity index (χ0) is 17.0. The van der Waals surface area contributed by atoms with Crippen molar-refractivity contribution in [3.63, 3.8) is 0 Å². The maximum atomic E-state index is 12.5. The number of benzene rings is 2. The summed E-state index contributed by atoms with van der Waals surface area (Å²) in [6, 6.07) is 14.2. The topological polar surface area (TPSA) is 50.6 Å². The molecule has 0 aromatic heterocycles. The number of rotatable bonds is 6. The third kappa shape index (κ3) is 4.68. The first-order valence-corrected chi connectivity index (χ1v) is 9.35. The minimum absolute atomic E-state index is 0.00719. The summed E-state index contributed by atoms with van der Waals surface area (Å²) >= 11 is 11.9. The summed E-state index contributed by atoms with van der Waals surface area (Å²) in [5.41, 5.74) is 1.06. The molecule has 4 nitrogen and oxygen atoms in total. The SMILES string of the molecule is C[NH+](C)[C@@H](CNS(=O)(=O)c1cc(Cl)ccc1Cl)c1ccccc1. The summed E-state index contributed by atoms with van der Waals surface area (Å²) in [6.07, 6.45) is 0. The Labute approximate surface area is 147 Å². The molecule has 124 valence electrons. The number of halogens is 2. The van der Waals surface area contributed by atoms with Gasteiger partial charge in [-0.25, -0.2) is 13.1 Å². The Hall–Kier alpha value is -1.11. The third-order valence-electron chi connectivity index (χ3n) is 3.56. The fraction of sp³-hybridized carbons (Fsp3) is 0.250. The van der Waals surface area contributed by atoms with E-state index in [1.807, 2.05) is 44.4 Å². The first-order valence-electron chi connectivity index (χ1n) is 7.11.